The highest BCUT2D eigenvalue weighted by molar-refractivity contribution is 5.85. The van der Waals surface area contributed by atoms with Crippen LogP contribution in [0.4, 0.5) is 0 Å². The average molecular weight is 351 g/mol. The van der Waals surface area contributed by atoms with Gasteiger partial charge in [-0.05, 0) is 44.9 Å². The molecule has 0 aliphatic carbocycles. The minimum Gasteiger partial charge on any atom is -0.546 e. The molecule has 1 atom stereocenters. The molecular formula is C21H19O5-. The first-order chi connectivity index (χ1) is 12.3. The molecular weight excluding hydrogens is 332 g/mol. The second-order valence-electron chi connectivity index (χ2n) is 6.49. The Morgan fingerprint density at radius 2 is 1.73 bits per heavy atom. The molecule has 0 saturated heterocycles. The van der Waals surface area contributed by atoms with Crippen LogP contribution in [0, 0.1) is 20.8 Å². The van der Waals surface area contributed by atoms with Crippen LogP contribution in [0.25, 0.3) is 22.3 Å². The predicted octanol–water partition coefficient (Wildman–Crippen LogP) is 2.90. The van der Waals surface area contributed by atoms with Gasteiger partial charge < -0.3 is 19.1 Å². The average Bonchev–Trinajstić information content (AvgIpc) is 2.58. The summed E-state index contributed by atoms with van der Waals surface area (Å²) in [5.41, 5.74) is 3.48. The summed E-state index contributed by atoms with van der Waals surface area (Å²) in [7, 11) is 0. The molecule has 0 bridgehead atoms. The van der Waals surface area contributed by atoms with Crippen molar-refractivity contribution >= 4 is 16.9 Å². The van der Waals surface area contributed by atoms with Gasteiger partial charge >= 0.3 is 0 Å². The maximum absolute atomic E-state index is 13.1. The van der Waals surface area contributed by atoms with Gasteiger partial charge in [-0.1, -0.05) is 35.9 Å². The minimum atomic E-state index is -1.40. The van der Waals surface area contributed by atoms with Gasteiger partial charge in [0.15, 0.2) is 5.76 Å². The number of rotatable bonds is 4. The first kappa shape index (κ1) is 17.7. The molecule has 5 heteroatoms. The third-order valence-electron chi connectivity index (χ3n) is 4.22. The van der Waals surface area contributed by atoms with E-state index < -0.39 is 17.5 Å². The van der Waals surface area contributed by atoms with Crippen LogP contribution in [0.1, 0.15) is 23.6 Å². The van der Waals surface area contributed by atoms with Gasteiger partial charge in [-0.3, -0.25) is 4.79 Å². The number of carbonyl (C=O) groups is 1. The molecule has 5 nitrogen and oxygen atoms in total. The molecule has 2 aromatic carbocycles. The molecule has 0 aliphatic heterocycles. The molecule has 0 spiro atoms. The van der Waals surface area contributed by atoms with E-state index in [-0.39, 0.29) is 11.5 Å². The van der Waals surface area contributed by atoms with Gasteiger partial charge in [-0.15, -0.1) is 0 Å². The minimum absolute atomic E-state index is 0.122. The number of fused-ring (bicyclic) bond motifs is 1. The van der Waals surface area contributed by atoms with Crippen LogP contribution < -0.4 is 15.3 Å². The van der Waals surface area contributed by atoms with Crippen LogP contribution >= 0.6 is 0 Å². The third kappa shape index (κ3) is 3.20. The van der Waals surface area contributed by atoms with E-state index in [1.54, 1.807) is 18.2 Å². The molecule has 26 heavy (non-hydrogen) atoms. The van der Waals surface area contributed by atoms with Crippen molar-refractivity contribution in [2.24, 2.45) is 0 Å². The lowest BCUT2D eigenvalue weighted by atomic mass is 10.0. The lowest BCUT2D eigenvalue weighted by Gasteiger charge is -2.18. The van der Waals surface area contributed by atoms with Crippen LogP contribution in [0.15, 0.2) is 45.6 Å². The van der Waals surface area contributed by atoms with E-state index in [2.05, 4.69) is 0 Å². The molecule has 3 rings (SSSR count). The number of aliphatic carboxylic acids is 1. The number of aryl methyl sites for hydroxylation is 3. The lowest BCUT2D eigenvalue weighted by molar-refractivity contribution is -0.312. The predicted molar refractivity (Wildman–Crippen MR) is 97.2 cm³/mol. The molecule has 0 amide bonds. The van der Waals surface area contributed by atoms with Crippen molar-refractivity contribution < 1.29 is 19.1 Å². The van der Waals surface area contributed by atoms with Crippen molar-refractivity contribution in [3.8, 4) is 17.1 Å². The highest BCUT2D eigenvalue weighted by atomic mass is 16.5. The quantitative estimate of drug-likeness (QED) is 0.722. The molecule has 134 valence electrons. The van der Waals surface area contributed by atoms with Crippen molar-refractivity contribution in [1.82, 2.24) is 0 Å². The molecule has 1 unspecified atom stereocenters. The number of ether oxygens (including phenoxy) is 1. The standard InChI is InChI=1S/C21H20O5/c1-11-5-7-15(8-6-11)19-20(25-14(4)21(23)24)17(22)16-10-12(2)9-13(3)18(16)26-19/h5-10,14H,1-4H3,(H,23,24)/p-1. The Bertz CT molecular complexity index is 1040. The normalized spacial score (nSPS) is 12.2. The van der Waals surface area contributed by atoms with E-state index in [1.807, 2.05) is 39.0 Å². The second-order valence-corrected chi connectivity index (χ2v) is 6.49. The monoisotopic (exact) mass is 351 g/mol. The van der Waals surface area contributed by atoms with Crippen LogP contribution in [-0.4, -0.2) is 12.1 Å². The fourth-order valence-corrected chi connectivity index (χ4v) is 2.86. The van der Waals surface area contributed by atoms with E-state index in [4.69, 9.17) is 9.15 Å². The van der Waals surface area contributed by atoms with Crippen molar-refractivity contribution in [3.63, 3.8) is 0 Å². The van der Waals surface area contributed by atoms with Crippen LogP contribution in [-0.2, 0) is 4.79 Å². The molecule has 0 radical (unpaired) electrons. The second kappa shape index (κ2) is 6.67. The van der Waals surface area contributed by atoms with Gasteiger partial charge in [0.05, 0.1) is 11.4 Å². The maximum atomic E-state index is 13.1. The highest BCUT2D eigenvalue weighted by Gasteiger charge is 2.21. The first-order valence-corrected chi connectivity index (χ1v) is 8.30. The molecule has 0 N–H and O–H groups in total. The maximum Gasteiger partial charge on any atom is 0.235 e. The number of carboxylic acids is 1. The summed E-state index contributed by atoms with van der Waals surface area (Å²) in [6.07, 6.45) is -1.29. The fraction of sp³-hybridized carbons (Fsp3) is 0.238. The van der Waals surface area contributed by atoms with Crippen molar-refractivity contribution in [2.45, 2.75) is 33.8 Å². The lowest BCUT2D eigenvalue weighted by Crippen LogP contribution is -2.38. The molecule has 1 heterocycles. The smallest absolute Gasteiger partial charge is 0.235 e. The summed E-state index contributed by atoms with van der Waals surface area (Å²) in [6, 6.07) is 11.0. The zero-order valence-corrected chi connectivity index (χ0v) is 15.1. The molecule has 0 aliphatic rings. The van der Waals surface area contributed by atoms with Gasteiger partial charge in [0.25, 0.3) is 0 Å². The summed E-state index contributed by atoms with van der Waals surface area (Å²) in [6.45, 7) is 7.01. The van der Waals surface area contributed by atoms with Gasteiger partial charge in [0, 0.05) is 5.56 Å². The summed E-state index contributed by atoms with van der Waals surface area (Å²) >= 11 is 0. The van der Waals surface area contributed by atoms with Crippen molar-refractivity contribution in [1.29, 1.82) is 0 Å². The Hall–Kier alpha value is -3.08. The summed E-state index contributed by atoms with van der Waals surface area (Å²) < 4.78 is 11.5. The van der Waals surface area contributed by atoms with E-state index in [9.17, 15) is 14.7 Å². The molecule has 3 aromatic rings. The fourth-order valence-electron chi connectivity index (χ4n) is 2.86. The van der Waals surface area contributed by atoms with E-state index in [0.717, 1.165) is 16.7 Å². The number of hydrogen-bond acceptors (Lipinski definition) is 5. The first-order valence-electron chi connectivity index (χ1n) is 8.30. The Balaban J connectivity index is 2.34. The van der Waals surface area contributed by atoms with E-state index in [1.165, 1.54) is 6.92 Å². The summed E-state index contributed by atoms with van der Waals surface area (Å²) in [5, 5.41) is 11.5. The topological polar surface area (TPSA) is 79.6 Å². The largest absolute Gasteiger partial charge is 0.546 e. The van der Waals surface area contributed by atoms with Crippen molar-refractivity contribution in [2.75, 3.05) is 0 Å². The van der Waals surface area contributed by atoms with Crippen LogP contribution in [0.2, 0.25) is 0 Å². The number of carbonyl (C=O) groups excluding carboxylic acids is 1. The van der Waals surface area contributed by atoms with Gasteiger partial charge in [0.1, 0.15) is 11.7 Å². The summed E-state index contributed by atoms with van der Waals surface area (Å²) in [4.78, 5) is 24.2. The molecule has 0 saturated carbocycles. The Labute approximate surface area is 150 Å². The highest BCUT2D eigenvalue weighted by Crippen LogP contribution is 2.33. The molecule has 1 aromatic heterocycles. The van der Waals surface area contributed by atoms with Gasteiger partial charge in [-0.25, -0.2) is 0 Å². The summed E-state index contributed by atoms with van der Waals surface area (Å²) in [5.74, 6) is -1.31. The van der Waals surface area contributed by atoms with Crippen LogP contribution in [0.5, 0.6) is 5.75 Å². The van der Waals surface area contributed by atoms with Crippen molar-refractivity contribution in [3.05, 3.63) is 63.3 Å². The Morgan fingerprint density at radius 3 is 2.35 bits per heavy atom. The Kier molecular flexibility index (Phi) is 4.55. The molecule has 0 fully saturated rings. The van der Waals surface area contributed by atoms with E-state index in [0.29, 0.717) is 16.5 Å². The van der Waals surface area contributed by atoms with Gasteiger partial charge in [0.2, 0.25) is 11.2 Å². The number of benzene rings is 2. The zero-order chi connectivity index (χ0) is 19.0. The SMILES string of the molecule is Cc1ccc(-c2oc3c(C)cc(C)cc3c(=O)c2OC(C)C(=O)[O-])cc1. The van der Waals surface area contributed by atoms with Gasteiger partial charge in [-0.2, -0.15) is 0 Å². The van der Waals surface area contributed by atoms with Crippen LogP contribution in [0.3, 0.4) is 0 Å². The number of carboxylic acid groups (broad SMARTS) is 1. The Morgan fingerprint density at radius 1 is 1.08 bits per heavy atom. The third-order valence-corrected chi connectivity index (χ3v) is 4.22. The zero-order valence-electron chi connectivity index (χ0n) is 15.1. The number of hydrogen-bond donors (Lipinski definition) is 0. The van der Waals surface area contributed by atoms with E-state index >= 15 is 0 Å².